The molecule has 2 aliphatic carbocycles. The Morgan fingerprint density at radius 2 is 1.30 bits per heavy atom. The van der Waals surface area contributed by atoms with E-state index in [0.29, 0.717) is 5.92 Å². The molecule has 0 saturated carbocycles. The molecule has 23 heavy (non-hydrogen) atoms. The predicted molar refractivity (Wildman–Crippen MR) is 95.1 cm³/mol. The Morgan fingerprint density at radius 1 is 0.826 bits per heavy atom. The van der Waals surface area contributed by atoms with Crippen molar-refractivity contribution in [2.45, 2.75) is 6.42 Å². The van der Waals surface area contributed by atoms with E-state index in [2.05, 4.69) is 34.3 Å². The first-order valence-corrected chi connectivity index (χ1v) is 11.2. The van der Waals surface area contributed by atoms with Crippen LogP contribution in [-0.2, 0) is 15.1 Å². The minimum absolute atomic E-state index is 0. The largest absolute Gasteiger partial charge is 0.265 e. The van der Waals surface area contributed by atoms with Gasteiger partial charge in [-0.3, -0.25) is 16.0 Å². The van der Waals surface area contributed by atoms with Gasteiger partial charge in [0.2, 0.25) is 0 Å². The average molecular weight is 436 g/mol. The van der Waals surface area contributed by atoms with Crippen LogP contribution in [0, 0.1) is 25.3 Å². The van der Waals surface area contributed by atoms with Gasteiger partial charge < -0.3 is 13.5 Å². The Hall–Kier alpha value is -1.02. The van der Waals surface area contributed by atoms with Crippen LogP contribution in [0.2, 0.25) is 0 Å². The molecule has 2 atom stereocenters. The van der Waals surface area contributed by atoms with E-state index < -0.39 is 0 Å². The summed E-state index contributed by atoms with van der Waals surface area (Å²) >= 11 is -0.346. The number of allylic oxidation sites excluding steroid dienone is 4. The van der Waals surface area contributed by atoms with E-state index in [9.17, 15) is 0 Å². The van der Waals surface area contributed by atoms with Crippen LogP contribution in [0.5, 0.6) is 0 Å². The third kappa shape index (κ3) is 12.1. The van der Waals surface area contributed by atoms with Gasteiger partial charge in [0.1, 0.15) is 0 Å². The van der Waals surface area contributed by atoms with Gasteiger partial charge >= 0.3 is 34.5 Å². The summed E-state index contributed by atoms with van der Waals surface area (Å²) in [5, 5.41) is 0. The molecule has 0 amide bonds. The van der Waals surface area contributed by atoms with Gasteiger partial charge in [-0.05, 0) is 30.2 Å². The van der Waals surface area contributed by atoms with Gasteiger partial charge in [-0.2, -0.15) is 5.92 Å². The van der Waals surface area contributed by atoms with Gasteiger partial charge in [-0.25, -0.2) is 0 Å². The molecule has 0 spiro atoms. The van der Waals surface area contributed by atoms with Crippen molar-refractivity contribution in [1.82, 2.24) is 9.97 Å². The van der Waals surface area contributed by atoms with E-state index in [-0.39, 0.29) is 22.6 Å². The second kappa shape index (κ2) is 15.9. The van der Waals surface area contributed by atoms with Gasteiger partial charge in [0, 0.05) is 24.8 Å². The normalized spacial score (nSPS) is 18.2. The van der Waals surface area contributed by atoms with Crippen LogP contribution in [0.1, 0.15) is 6.42 Å². The Labute approximate surface area is 155 Å². The second-order valence-electron chi connectivity index (χ2n) is 4.32. The quantitative estimate of drug-likeness (QED) is 0.308. The number of nitrogens with zero attached hydrogens (tertiary/aromatic N) is 2. The Kier molecular flexibility index (Phi) is 15.2. The van der Waals surface area contributed by atoms with E-state index in [0.717, 1.165) is 5.92 Å². The van der Waals surface area contributed by atoms with Crippen molar-refractivity contribution in [1.29, 1.82) is 0 Å². The molecule has 0 aliphatic heterocycles. The number of hydrogen-bond donors (Lipinski definition) is 0. The maximum Gasteiger partial charge on any atom is 0.0267 e. The molecule has 0 aromatic carbocycles. The van der Waals surface area contributed by atoms with Crippen molar-refractivity contribution in [2.24, 2.45) is 11.8 Å². The summed E-state index contributed by atoms with van der Waals surface area (Å²) in [6.45, 7) is 0. The van der Waals surface area contributed by atoms with Gasteiger partial charge in [-0.1, -0.05) is 24.6 Å². The zero-order chi connectivity index (χ0) is 15.9. The molecule has 0 saturated heterocycles. The summed E-state index contributed by atoms with van der Waals surface area (Å²) in [4.78, 5) is 7.57. The Bertz CT molecular complexity index is 408. The summed E-state index contributed by atoms with van der Waals surface area (Å²) in [7, 11) is 9.71. The van der Waals surface area contributed by atoms with E-state index >= 15 is 0 Å². The SMILES string of the molecule is [C-]1=CC2C=CC1C2.[CH3-].[Cl][Ru+2][Cl].c1ccncc1.c1ccncc1. The molecular formula is C18H20Cl2N2Ru. The molecule has 4 rings (SSSR count). The summed E-state index contributed by atoms with van der Waals surface area (Å²) < 4.78 is 0. The van der Waals surface area contributed by atoms with Gasteiger partial charge in [0.05, 0.1) is 0 Å². The molecule has 2 bridgehead atoms. The van der Waals surface area contributed by atoms with Crippen molar-refractivity contribution >= 4 is 19.4 Å². The van der Waals surface area contributed by atoms with Crippen molar-refractivity contribution < 1.29 is 15.1 Å². The molecule has 0 fully saturated rings. The van der Waals surface area contributed by atoms with Crippen molar-refractivity contribution in [2.75, 3.05) is 0 Å². The maximum absolute atomic E-state index is 4.85. The van der Waals surface area contributed by atoms with Crippen LogP contribution in [0.4, 0.5) is 0 Å². The number of hydrogen-bond acceptors (Lipinski definition) is 2. The second-order valence-corrected chi connectivity index (χ2v) is 6.96. The zero-order valence-electron chi connectivity index (χ0n) is 12.9. The first-order valence-electron chi connectivity index (χ1n) is 6.69. The molecule has 2 heterocycles. The Morgan fingerprint density at radius 3 is 1.39 bits per heavy atom. The molecule has 2 aliphatic rings. The minimum atomic E-state index is -0.346. The first-order chi connectivity index (χ1) is 10.9. The summed E-state index contributed by atoms with van der Waals surface area (Å²) in [6, 6.07) is 11.4. The number of rotatable bonds is 0. The number of pyridine rings is 2. The summed E-state index contributed by atoms with van der Waals surface area (Å²) in [6.07, 6.45) is 18.2. The van der Waals surface area contributed by atoms with Crippen LogP contribution >= 0.6 is 19.4 Å². The average Bonchev–Trinajstić information content (AvgIpc) is 3.26. The third-order valence-corrected chi connectivity index (χ3v) is 2.77. The van der Waals surface area contributed by atoms with Crippen LogP contribution in [-0.4, -0.2) is 9.97 Å². The smallest absolute Gasteiger partial charge is 0.0267 e. The van der Waals surface area contributed by atoms with Crippen LogP contribution < -0.4 is 0 Å². The Balaban J connectivity index is 0.000000287. The van der Waals surface area contributed by atoms with Crippen molar-refractivity contribution in [3.63, 3.8) is 0 Å². The molecule has 2 aromatic heterocycles. The molecular weight excluding hydrogens is 416 g/mol. The number of aromatic nitrogens is 2. The standard InChI is InChI=1S/C7H7.2C5H5N.CH3.2ClH.Ru/c1-2-7-4-3-6(1)5-7;2*1-2-4-6-5-3-1;;;;/h1-3,6-7H,5H2;2*1-5H;1H3;2*1H;/q-1;;;-1;;;+4/p-2. The topological polar surface area (TPSA) is 25.8 Å². The molecule has 2 nitrogen and oxygen atoms in total. The van der Waals surface area contributed by atoms with Gasteiger partial charge in [-0.15, -0.1) is 6.08 Å². The fraction of sp³-hybridized carbons (Fsp3) is 0.167. The molecule has 2 aromatic rings. The molecule has 2 unspecified atom stereocenters. The first kappa shape index (κ1) is 22.0. The molecule has 0 radical (unpaired) electrons. The van der Waals surface area contributed by atoms with Gasteiger partial charge in [0.15, 0.2) is 0 Å². The number of halogens is 2. The van der Waals surface area contributed by atoms with Gasteiger partial charge in [0.25, 0.3) is 0 Å². The predicted octanol–water partition coefficient (Wildman–Crippen LogP) is 5.54. The zero-order valence-corrected chi connectivity index (χ0v) is 16.1. The monoisotopic (exact) mass is 436 g/mol. The fourth-order valence-electron chi connectivity index (χ4n) is 1.85. The fourth-order valence-corrected chi connectivity index (χ4v) is 1.85. The van der Waals surface area contributed by atoms with E-state index in [1.807, 2.05) is 36.4 Å². The summed E-state index contributed by atoms with van der Waals surface area (Å²) in [5.41, 5.74) is 0. The van der Waals surface area contributed by atoms with Crippen molar-refractivity contribution in [3.8, 4) is 0 Å². The third-order valence-electron chi connectivity index (χ3n) is 2.77. The molecule has 5 heteroatoms. The van der Waals surface area contributed by atoms with Crippen LogP contribution in [0.3, 0.4) is 0 Å². The maximum atomic E-state index is 4.85. The van der Waals surface area contributed by atoms with Crippen LogP contribution in [0.15, 0.2) is 79.4 Å². The summed E-state index contributed by atoms with van der Waals surface area (Å²) in [5.74, 6) is 1.44. The minimum Gasteiger partial charge on any atom is -0.265 e. The van der Waals surface area contributed by atoms with Crippen LogP contribution in [0.25, 0.3) is 0 Å². The van der Waals surface area contributed by atoms with E-state index in [1.165, 1.54) is 6.42 Å². The van der Waals surface area contributed by atoms with Crippen molar-refractivity contribution in [3.05, 3.63) is 92.9 Å². The molecule has 124 valence electrons. The van der Waals surface area contributed by atoms with E-state index in [1.54, 1.807) is 24.8 Å². The molecule has 0 N–H and O–H groups in total. The van der Waals surface area contributed by atoms with E-state index in [4.69, 9.17) is 19.4 Å². The number of fused-ring (bicyclic) bond motifs is 2.